The molecule has 0 saturated heterocycles. The Bertz CT molecular complexity index is 1030. The molecular weight excluding hydrogens is 334 g/mol. The molecule has 0 radical (unpaired) electrons. The van der Waals surface area contributed by atoms with Gasteiger partial charge in [-0.15, -0.1) is 0 Å². The lowest BCUT2D eigenvalue weighted by molar-refractivity contribution is 0.102. The Balaban J connectivity index is 1.65. The minimum absolute atomic E-state index is 0.0351. The Morgan fingerprint density at radius 2 is 2.04 bits per heavy atom. The average molecular weight is 351 g/mol. The van der Waals surface area contributed by atoms with Gasteiger partial charge in [-0.1, -0.05) is 30.8 Å². The van der Waals surface area contributed by atoms with Crippen molar-refractivity contribution in [1.82, 2.24) is 9.55 Å². The van der Waals surface area contributed by atoms with Gasteiger partial charge in [0.25, 0.3) is 11.5 Å². The van der Waals surface area contributed by atoms with Crippen LogP contribution in [0.4, 0.5) is 5.69 Å². The summed E-state index contributed by atoms with van der Waals surface area (Å²) < 4.78 is 1.70. The lowest BCUT2D eigenvalue weighted by Crippen LogP contribution is -2.21. The van der Waals surface area contributed by atoms with Crippen molar-refractivity contribution < 1.29 is 4.79 Å². The maximum absolute atomic E-state index is 12.5. The van der Waals surface area contributed by atoms with Crippen molar-refractivity contribution in [3.05, 3.63) is 63.9 Å². The predicted molar refractivity (Wildman–Crippen MR) is 101 cm³/mol. The van der Waals surface area contributed by atoms with Crippen LogP contribution in [-0.2, 0) is 13.0 Å². The number of benzene rings is 2. The van der Waals surface area contributed by atoms with Crippen molar-refractivity contribution in [3.8, 4) is 0 Å². The monoisotopic (exact) mass is 351 g/mol. The first kappa shape index (κ1) is 15.9. The number of aryl methyl sites for hydroxylation is 1. The number of aromatic nitrogens is 2. The van der Waals surface area contributed by atoms with Crippen molar-refractivity contribution in [2.24, 2.45) is 0 Å². The van der Waals surface area contributed by atoms with E-state index in [1.54, 1.807) is 34.5 Å². The fourth-order valence-electron chi connectivity index (χ4n) is 2.90. The summed E-state index contributed by atoms with van der Waals surface area (Å²) in [5.74, 6) is 0.654. The normalized spacial score (nSPS) is 13.0. The number of nitrogens with zero attached hydrogens (tertiary/aromatic N) is 2. The predicted octanol–water partition coefficient (Wildman–Crippen LogP) is 3.32. The Kier molecular flexibility index (Phi) is 4.05. The van der Waals surface area contributed by atoms with Gasteiger partial charge in [0, 0.05) is 23.5 Å². The summed E-state index contributed by atoms with van der Waals surface area (Å²) in [5.41, 5.74) is 3.00. The molecule has 1 amide bonds. The first-order chi connectivity index (χ1) is 12.2. The van der Waals surface area contributed by atoms with E-state index < -0.39 is 0 Å². The van der Waals surface area contributed by atoms with Crippen molar-refractivity contribution in [3.63, 3.8) is 0 Å². The molecule has 1 aliphatic heterocycles. The van der Waals surface area contributed by atoms with Gasteiger partial charge in [0.05, 0.1) is 10.9 Å². The summed E-state index contributed by atoms with van der Waals surface area (Å²) >= 11 is 1.57. The number of anilines is 1. The zero-order valence-electron chi connectivity index (χ0n) is 13.8. The van der Waals surface area contributed by atoms with Crippen LogP contribution in [0, 0.1) is 0 Å². The summed E-state index contributed by atoms with van der Waals surface area (Å²) in [5, 5.41) is 4.16. The van der Waals surface area contributed by atoms with Gasteiger partial charge in [-0.05, 0) is 42.3 Å². The first-order valence-electron chi connectivity index (χ1n) is 8.23. The molecule has 4 rings (SSSR count). The number of hydrogen-bond donors (Lipinski definition) is 1. The van der Waals surface area contributed by atoms with E-state index in [9.17, 15) is 9.59 Å². The minimum atomic E-state index is -0.207. The maximum Gasteiger partial charge on any atom is 0.262 e. The minimum Gasteiger partial charge on any atom is -0.322 e. The van der Waals surface area contributed by atoms with Crippen molar-refractivity contribution in [2.45, 2.75) is 25.0 Å². The summed E-state index contributed by atoms with van der Waals surface area (Å²) in [6.07, 6.45) is 0.961. The number of rotatable bonds is 3. The van der Waals surface area contributed by atoms with Crippen LogP contribution in [0.5, 0.6) is 0 Å². The molecule has 1 N–H and O–H groups in total. The number of carbonyl (C=O) groups excluding carboxylic acids is 1. The molecule has 6 heteroatoms. The Morgan fingerprint density at radius 1 is 1.24 bits per heavy atom. The van der Waals surface area contributed by atoms with Gasteiger partial charge >= 0.3 is 0 Å². The molecule has 0 bridgehead atoms. The van der Waals surface area contributed by atoms with E-state index in [0.29, 0.717) is 23.0 Å². The van der Waals surface area contributed by atoms with Crippen LogP contribution in [0.2, 0.25) is 0 Å². The SMILES string of the molecule is CCc1ccc(NC(=O)c2ccc3c(=O)n4c(nc3c2)SCC4)cc1. The van der Waals surface area contributed by atoms with E-state index in [0.717, 1.165) is 23.0 Å². The number of fused-ring (bicyclic) bond motifs is 2. The van der Waals surface area contributed by atoms with E-state index in [1.165, 1.54) is 5.56 Å². The van der Waals surface area contributed by atoms with Crippen LogP contribution in [0.1, 0.15) is 22.8 Å². The Hall–Kier alpha value is -2.60. The van der Waals surface area contributed by atoms with Gasteiger partial charge in [0.2, 0.25) is 0 Å². The van der Waals surface area contributed by atoms with Crippen LogP contribution >= 0.6 is 11.8 Å². The van der Waals surface area contributed by atoms with Gasteiger partial charge in [-0.25, -0.2) is 4.98 Å². The van der Waals surface area contributed by atoms with Gasteiger partial charge in [0.15, 0.2) is 5.16 Å². The zero-order chi connectivity index (χ0) is 17.4. The Morgan fingerprint density at radius 3 is 2.80 bits per heavy atom. The fourth-order valence-corrected chi connectivity index (χ4v) is 3.85. The van der Waals surface area contributed by atoms with Gasteiger partial charge in [0.1, 0.15) is 0 Å². The number of thioether (sulfide) groups is 1. The average Bonchev–Trinajstić information content (AvgIpc) is 3.11. The highest BCUT2D eigenvalue weighted by Gasteiger charge is 2.17. The van der Waals surface area contributed by atoms with E-state index in [-0.39, 0.29) is 11.5 Å². The molecule has 5 nitrogen and oxygen atoms in total. The molecule has 3 aromatic rings. The molecule has 0 aliphatic carbocycles. The molecule has 2 aromatic carbocycles. The third-order valence-corrected chi connectivity index (χ3v) is 5.31. The first-order valence-corrected chi connectivity index (χ1v) is 9.22. The van der Waals surface area contributed by atoms with Crippen molar-refractivity contribution in [2.75, 3.05) is 11.1 Å². The third-order valence-electron chi connectivity index (χ3n) is 4.35. The topological polar surface area (TPSA) is 64.0 Å². The summed E-state index contributed by atoms with van der Waals surface area (Å²) in [7, 11) is 0. The molecule has 1 aliphatic rings. The lowest BCUT2D eigenvalue weighted by atomic mass is 10.1. The Labute approximate surface area is 149 Å². The number of hydrogen-bond acceptors (Lipinski definition) is 4. The second-order valence-corrected chi connectivity index (χ2v) is 7.00. The maximum atomic E-state index is 12.5. The standard InChI is InChI=1S/C19H17N3O2S/c1-2-12-3-6-14(7-4-12)20-17(23)13-5-8-15-16(11-13)21-19-22(18(15)24)9-10-25-19/h3-8,11H,2,9-10H2,1H3,(H,20,23). The second-order valence-electron chi connectivity index (χ2n) is 5.94. The molecule has 0 spiro atoms. The van der Waals surface area contributed by atoms with Crippen LogP contribution in [0.15, 0.2) is 52.4 Å². The largest absolute Gasteiger partial charge is 0.322 e. The molecule has 126 valence electrons. The van der Waals surface area contributed by atoms with Crippen LogP contribution in [-0.4, -0.2) is 21.2 Å². The third kappa shape index (κ3) is 2.93. The molecule has 2 heterocycles. The lowest BCUT2D eigenvalue weighted by Gasteiger charge is -2.08. The molecular formula is C19H17N3O2S. The molecule has 0 saturated carbocycles. The molecule has 0 fully saturated rings. The van der Waals surface area contributed by atoms with E-state index in [2.05, 4.69) is 17.2 Å². The molecule has 0 atom stereocenters. The highest BCUT2D eigenvalue weighted by Crippen LogP contribution is 2.24. The van der Waals surface area contributed by atoms with Crippen LogP contribution < -0.4 is 10.9 Å². The molecule has 0 unspecified atom stereocenters. The molecule has 1 aromatic heterocycles. The summed E-state index contributed by atoms with van der Waals surface area (Å²) in [4.78, 5) is 29.5. The summed E-state index contributed by atoms with van der Waals surface area (Å²) in [6, 6.07) is 12.8. The van der Waals surface area contributed by atoms with E-state index in [4.69, 9.17) is 0 Å². The number of carbonyl (C=O) groups is 1. The van der Waals surface area contributed by atoms with Crippen molar-refractivity contribution >= 4 is 34.3 Å². The van der Waals surface area contributed by atoms with Crippen LogP contribution in [0.3, 0.4) is 0 Å². The van der Waals surface area contributed by atoms with Gasteiger partial charge in [-0.3, -0.25) is 14.2 Å². The van der Waals surface area contributed by atoms with E-state index >= 15 is 0 Å². The van der Waals surface area contributed by atoms with Gasteiger partial charge < -0.3 is 5.32 Å². The zero-order valence-corrected chi connectivity index (χ0v) is 14.6. The number of nitrogens with one attached hydrogen (secondary N) is 1. The van der Waals surface area contributed by atoms with E-state index in [1.807, 2.05) is 24.3 Å². The van der Waals surface area contributed by atoms with Crippen LogP contribution in [0.25, 0.3) is 10.9 Å². The van der Waals surface area contributed by atoms with Gasteiger partial charge in [-0.2, -0.15) is 0 Å². The quantitative estimate of drug-likeness (QED) is 0.735. The second kappa shape index (κ2) is 6.37. The molecule has 25 heavy (non-hydrogen) atoms. The van der Waals surface area contributed by atoms with Crippen molar-refractivity contribution in [1.29, 1.82) is 0 Å². The smallest absolute Gasteiger partial charge is 0.262 e. The fraction of sp³-hybridized carbons (Fsp3) is 0.211. The highest BCUT2D eigenvalue weighted by molar-refractivity contribution is 7.99. The summed E-state index contributed by atoms with van der Waals surface area (Å²) in [6.45, 7) is 2.78. The number of amides is 1. The highest BCUT2D eigenvalue weighted by atomic mass is 32.2.